The minimum absolute atomic E-state index is 0.129. The van der Waals surface area contributed by atoms with E-state index in [4.69, 9.17) is 14.7 Å². The molecule has 0 spiro atoms. The number of nitrogens with zero attached hydrogens (tertiary/aromatic N) is 1. The fourth-order valence-corrected chi connectivity index (χ4v) is 2.64. The molecule has 0 saturated heterocycles. The predicted octanol–water partition coefficient (Wildman–Crippen LogP) is 2.92. The molecule has 2 N–H and O–H groups in total. The molecule has 2 aromatic rings. The Kier molecular flexibility index (Phi) is 7.02. The molecule has 0 heterocycles. The van der Waals surface area contributed by atoms with Crippen LogP contribution in [0.5, 0.6) is 11.5 Å². The molecule has 5 nitrogen and oxygen atoms in total. The van der Waals surface area contributed by atoms with E-state index in [2.05, 4.69) is 25.2 Å². The van der Waals surface area contributed by atoms with Crippen LogP contribution in [0.15, 0.2) is 48.5 Å². The van der Waals surface area contributed by atoms with Crippen molar-refractivity contribution in [2.75, 3.05) is 20.3 Å². The molecule has 0 saturated carbocycles. The molecule has 0 unspecified atom stereocenters. The van der Waals surface area contributed by atoms with Gasteiger partial charge in [-0.25, -0.2) is 0 Å². The van der Waals surface area contributed by atoms with Gasteiger partial charge in [0.15, 0.2) is 0 Å². The van der Waals surface area contributed by atoms with E-state index in [0.717, 1.165) is 12.2 Å². The van der Waals surface area contributed by atoms with Crippen molar-refractivity contribution in [3.8, 4) is 17.6 Å². The van der Waals surface area contributed by atoms with Crippen molar-refractivity contribution in [2.45, 2.75) is 31.9 Å². The predicted molar refractivity (Wildman–Crippen MR) is 101 cm³/mol. The largest absolute Gasteiger partial charge is 0.497 e. The number of hydrogen-bond acceptors (Lipinski definition) is 5. The average molecular weight is 354 g/mol. The Hall–Kier alpha value is -2.55. The molecule has 0 aliphatic carbocycles. The van der Waals surface area contributed by atoms with Crippen molar-refractivity contribution in [1.82, 2.24) is 5.32 Å². The number of nitrogens with one attached hydrogen (secondary N) is 1. The van der Waals surface area contributed by atoms with Crippen LogP contribution in [0.2, 0.25) is 0 Å². The molecule has 138 valence electrons. The lowest BCUT2D eigenvalue weighted by Gasteiger charge is -2.28. The first-order valence-electron chi connectivity index (χ1n) is 8.61. The van der Waals surface area contributed by atoms with Gasteiger partial charge in [0, 0.05) is 12.1 Å². The van der Waals surface area contributed by atoms with Crippen molar-refractivity contribution in [2.24, 2.45) is 0 Å². The number of benzene rings is 2. The summed E-state index contributed by atoms with van der Waals surface area (Å²) in [6, 6.07) is 17.1. The molecule has 2 rings (SSSR count). The van der Waals surface area contributed by atoms with E-state index in [0.29, 0.717) is 17.9 Å². The van der Waals surface area contributed by atoms with E-state index < -0.39 is 6.10 Å². The van der Waals surface area contributed by atoms with E-state index in [1.165, 1.54) is 5.56 Å². The van der Waals surface area contributed by atoms with Gasteiger partial charge in [-0.3, -0.25) is 0 Å². The Balaban J connectivity index is 1.81. The molecular weight excluding hydrogens is 328 g/mol. The normalized spacial score (nSPS) is 12.3. The zero-order valence-corrected chi connectivity index (χ0v) is 15.5. The lowest BCUT2D eigenvalue weighted by Crippen LogP contribution is -2.46. The van der Waals surface area contributed by atoms with Crippen molar-refractivity contribution in [3.63, 3.8) is 0 Å². The second-order valence-electron chi connectivity index (χ2n) is 6.86. The highest BCUT2D eigenvalue weighted by Crippen LogP contribution is 2.18. The lowest BCUT2D eigenvalue weighted by atomic mass is 9.94. The molecule has 0 amide bonds. The molecule has 0 fully saturated rings. The number of nitriles is 1. The lowest BCUT2D eigenvalue weighted by molar-refractivity contribution is 0.0987. The Morgan fingerprint density at radius 2 is 1.85 bits per heavy atom. The smallest absolute Gasteiger partial charge is 0.137 e. The van der Waals surface area contributed by atoms with Gasteiger partial charge in [-0.15, -0.1) is 0 Å². The summed E-state index contributed by atoms with van der Waals surface area (Å²) >= 11 is 0. The van der Waals surface area contributed by atoms with Gasteiger partial charge in [0.2, 0.25) is 0 Å². The van der Waals surface area contributed by atoms with E-state index >= 15 is 0 Å². The summed E-state index contributed by atoms with van der Waals surface area (Å²) in [4.78, 5) is 0. The van der Waals surface area contributed by atoms with Crippen molar-refractivity contribution < 1.29 is 14.6 Å². The fourth-order valence-electron chi connectivity index (χ4n) is 2.64. The van der Waals surface area contributed by atoms with Crippen LogP contribution in [-0.4, -0.2) is 37.0 Å². The number of para-hydroxylation sites is 1. The summed E-state index contributed by atoms with van der Waals surface area (Å²) in [6.07, 6.45) is 0.152. The highest BCUT2D eigenvalue weighted by molar-refractivity contribution is 5.42. The summed E-state index contributed by atoms with van der Waals surface area (Å²) in [6.45, 7) is 4.72. The molecule has 0 aliphatic heterocycles. The number of β-amino-alcohol motifs (C(OH)–C–C–N with tert-alkyl or cyclic N) is 1. The van der Waals surface area contributed by atoms with Gasteiger partial charge < -0.3 is 19.9 Å². The molecule has 0 aromatic heterocycles. The Morgan fingerprint density at radius 1 is 1.15 bits per heavy atom. The number of aliphatic hydroxyl groups excluding tert-OH is 1. The maximum atomic E-state index is 10.2. The molecule has 0 aliphatic rings. The van der Waals surface area contributed by atoms with Gasteiger partial charge in [-0.1, -0.05) is 24.3 Å². The van der Waals surface area contributed by atoms with E-state index in [1.807, 2.05) is 24.3 Å². The standard InChI is InChI=1S/C21H26N2O3/c1-21(2,12-16-8-10-19(25-3)11-9-16)23-14-18(24)15-26-20-7-5-4-6-17(20)13-22/h4-11,18,23-24H,12,14-15H2,1-3H3/t18-/m1/s1. The molecule has 1 atom stereocenters. The fraction of sp³-hybridized carbons (Fsp3) is 0.381. The van der Waals surface area contributed by atoms with Crippen LogP contribution in [0.3, 0.4) is 0 Å². The Labute approximate surface area is 155 Å². The van der Waals surface area contributed by atoms with Gasteiger partial charge >= 0.3 is 0 Å². The highest BCUT2D eigenvalue weighted by atomic mass is 16.5. The minimum Gasteiger partial charge on any atom is -0.497 e. The van der Waals surface area contributed by atoms with E-state index in [-0.39, 0.29) is 12.1 Å². The van der Waals surface area contributed by atoms with Crippen LogP contribution in [0.1, 0.15) is 25.0 Å². The first-order chi connectivity index (χ1) is 12.4. The monoisotopic (exact) mass is 354 g/mol. The third-order valence-electron chi connectivity index (χ3n) is 4.06. The quantitative estimate of drug-likeness (QED) is 0.724. The number of hydrogen-bond donors (Lipinski definition) is 2. The van der Waals surface area contributed by atoms with Crippen molar-refractivity contribution >= 4 is 0 Å². The summed E-state index contributed by atoms with van der Waals surface area (Å²) < 4.78 is 10.7. The van der Waals surface area contributed by atoms with Gasteiger partial charge in [0.25, 0.3) is 0 Å². The van der Waals surface area contributed by atoms with Crippen LogP contribution < -0.4 is 14.8 Å². The first-order valence-corrected chi connectivity index (χ1v) is 8.61. The second kappa shape index (κ2) is 9.23. The van der Waals surface area contributed by atoms with E-state index in [9.17, 15) is 5.11 Å². The second-order valence-corrected chi connectivity index (χ2v) is 6.86. The van der Waals surface area contributed by atoms with Gasteiger partial charge in [0.05, 0.1) is 12.7 Å². The maximum absolute atomic E-state index is 10.2. The molecule has 0 bridgehead atoms. The van der Waals surface area contributed by atoms with Gasteiger partial charge in [-0.05, 0) is 50.1 Å². The summed E-state index contributed by atoms with van der Waals surface area (Å²) in [5, 5.41) is 22.6. The van der Waals surface area contributed by atoms with Crippen LogP contribution in [0.4, 0.5) is 0 Å². The number of aliphatic hydroxyl groups is 1. The van der Waals surface area contributed by atoms with Crippen LogP contribution in [0.25, 0.3) is 0 Å². The minimum atomic E-state index is -0.670. The zero-order valence-electron chi connectivity index (χ0n) is 15.5. The zero-order chi connectivity index (χ0) is 19.0. The van der Waals surface area contributed by atoms with Crippen molar-refractivity contribution in [3.05, 3.63) is 59.7 Å². The van der Waals surface area contributed by atoms with Crippen LogP contribution in [0, 0.1) is 11.3 Å². The molecule has 0 radical (unpaired) electrons. The van der Waals surface area contributed by atoms with Crippen LogP contribution in [-0.2, 0) is 6.42 Å². The summed E-state index contributed by atoms with van der Waals surface area (Å²) in [5.41, 5.74) is 1.48. The average Bonchev–Trinajstić information content (AvgIpc) is 2.65. The SMILES string of the molecule is COc1ccc(CC(C)(C)NC[C@@H](O)COc2ccccc2C#N)cc1. The Morgan fingerprint density at radius 3 is 2.50 bits per heavy atom. The molecule has 5 heteroatoms. The number of methoxy groups -OCH3 is 1. The van der Waals surface area contributed by atoms with Gasteiger partial charge in [-0.2, -0.15) is 5.26 Å². The maximum Gasteiger partial charge on any atom is 0.137 e. The third-order valence-corrected chi connectivity index (χ3v) is 4.06. The number of rotatable bonds is 9. The first kappa shape index (κ1) is 19.8. The summed E-state index contributed by atoms with van der Waals surface area (Å²) in [5.74, 6) is 1.33. The van der Waals surface area contributed by atoms with Gasteiger partial charge in [0.1, 0.15) is 30.3 Å². The third kappa shape index (κ3) is 6.07. The summed E-state index contributed by atoms with van der Waals surface area (Å²) in [7, 11) is 1.65. The Bertz CT molecular complexity index is 736. The van der Waals surface area contributed by atoms with E-state index in [1.54, 1.807) is 31.4 Å². The molecular formula is C21H26N2O3. The molecule has 26 heavy (non-hydrogen) atoms. The number of ether oxygens (including phenoxy) is 2. The highest BCUT2D eigenvalue weighted by Gasteiger charge is 2.19. The molecule has 2 aromatic carbocycles. The van der Waals surface area contributed by atoms with Crippen molar-refractivity contribution in [1.29, 1.82) is 5.26 Å². The van der Waals surface area contributed by atoms with Crippen LogP contribution >= 0.6 is 0 Å². The topological polar surface area (TPSA) is 74.5 Å².